The number of nitrogen functional groups attached to an aromatic ring is 1. The predicted octanol–water partition coefficient (Wildman–Crippen LogP) is -2.30. The molecule has 0 aliphatic carbocycles. The summed E-state index contributed by atoms with van der Waals surface area (Å²) in [6.07, 6.45) is 1.32. The average Bonchev–Trinajstić information content (AvgIpc) is 2.31. The number of hydrogen-bond donors (Lipinski definition) is 3. The van der Waals surface area contributed by atoms with E-state index in [0.29, 0.717) is 0 Å². The van der Waals surface area contributed by atoms with Crippen molar-refractivity contribution in [2.24, 2.45) is 5.73 Å². The molecular formula is C10H15N5O4. The lowest BCUT2D eigenvalue weighted by molar-refractivity contribution is -0.144. The summed E-state index contributed by atoms with van der Waals surface area (Å²) in [5.74, 6) is -1.62. The minimum absolute atomic E-state index is 0.0537. The number of aliphatic carboxylic acids is 1. The molecule has 0 radical (unpaired) electrons. The van der Waals surface area contributed by atoms with E-state index in [1.807, 2.05) is 0 Å². The molecule has 0 saturated carbocycles. The van der Waals surface area contributed by atoms with Crippen molar-refractivity contribution in [3.05, 3.63) is 22.7 Å². The highest BCUT2D eigenvalue weighted by Crippen LogP contribution is 1.94. The van der Waals surface area contributed by atoms with E-state index in [2.05, 4.69) is 4.98 Å². The Morgan fingerprint density at radius 1 is 1.47 bits per heavy atom. The summed E-state index contributed by atoms with van der Waals surface area (Å²) in [5.41, 5.74) is 9.95. The summed E-state index contributed by atoms with van der Waals surface area (Å²) in [4.78, 5) is 38.4. The second-order valence-corrected chi connectivity index (χ2v) is 3.76. The minimum atomic E-state index is -1.15. The molecule has 0 atom stereocenters. The number of nitrogens with zero attached hydrogens (tertiary/aromatic N) is 3. The van der Waals surface area contributed by atoms with Crippen LogP contribution < -0.4 is 17.2 Å². The first-order chi connectivity index (χ1) is 8.93. The van der Waals surface area contributed by atoms with E-state index in [0.717, 1.165) is 9.47 Å². The van der Waals surface area contributed by atoms with Gasteiger partial charge in [-0.05, 0) is 6.07 Å². The molecule has 1 aromatic heterocycles. The molecule has 0 unspecified atom stereocenters. The van der Waals surface area contributed by atoms with Gasteiger partial charge in [0.1, 0.15) is 18.9 Å². The third-order valence-corrected chi connectivity index (χ3v) is 2.28. The molecule has 0 bridgehead atoms. The number of amides is 1. The molecule has 9 heteroatoms. The molecule has 0 fully saturated rings. The number of anilines is 1. The maximum absolute atomic E-state index is 11.9. The summed E-state index contributed by atoms with van der Waals surface area (Å²) in [7, 11) is 0. The topological polar surface area (TPSA) is 145 Å². The monoisotopic (exact) mass is 269 g/mol. The molecule has 0 aromatic carbocycles. The smallest absolute Gasteiger partial charge is 0.349 e. The number of carbonyl (C=O) groups is 2. The third-order valence-electron chi connectivity index (χ3n) is 2.28. The molecule has 104 valence electrons. The zero-order valence-electron chi connectivity index (χ0n) is 10.2. The lowest BCUT2D eigenvalue weighted by Gasteiger charge is -2.20. The van der Waals surface area contributed by atoms with E-state index in [1.165, 1.54) is 12.3 Å². The van der Waals surface area contributed by atoms with E-state index in [1.54, 1.807) is 0 Å². The van der Waals surface area contributed by atoms with Crippen molar-refractivity contribution in [3.8, 4) is 0 Å². The Morgan fingerprint density at radius 3 is 2.68 bits per heavy atom. The van der Waals surface area contributed by atoms with Crippen LogP contribution in [0.25, 0.3) is 0 Å². The van der Waals surface area contributed by atoms with Gasteiger partial charge in [-0.15, -0.1) is 0 Å². The van der Waals surface area contributed by atoms with Gasteiger partial charge in [0.2, 0.25) is 5.91 Å². The maximum atomic E-state index is 11.9. The van der Waals surface area contributed by atoms with Crippen molar-refractivity contribution in [3.63, 3.8) is 0 Å². The van der Waals surface area contributed by atoms with Gasteiger partial charge in [0.05, 0.1) is 0 Å². The van der Waals surface area contributed by atoms with Gasteiger partial charge >= 0.3 is 11.7 Å². The van der Waals surface area contributed by atoms with Crippen molar-refractivity contribution < 1.29 is 14.7 Å². The highest BCUT2D eigenvalue weighted by Gasteiger charge is 2.16. The van der Waals surface area contributed by atoms with Crippen LogP contribution in [0.4, 0.5) is 5.82 Å². The van der Waals surface area contributed by atoms with Gasteiger partial charge in [0.25, 0.3) is 0 Å². The van der Waals surface area contributed by atoms with Crippen molar-refractivity contribution in [2.45, 2.75) is 6.54 Å². The van der Waals surface area contributed by atoms with Crippen LogP contribution >= 0.6 is 0 Å². The van der Waals surface area contributed by atoms with Gasteiger partial charge in [-0.1, -0.05) is 0 Å². The standard InChI is InChI=1S/C10H15N5O4/c11-2-4-14(6-9(17)18)8(16)5-15-3-1-7(12)13-10(15)19/h1,3H,2,4-6,11H2,(H,17,18)(H2,12,13,19). The highest BCUT2D eigenvalue weighted by atomic mass is 16.4. The molecule has 0 aliphatic heterocycles. The summed E-state index contributed by atoms with van der Waals surface area (Å²) >= 11 is 0. The molecule has 1 rings (SSSR count). The van der Waals surface area contributed by atoms with Crippen LogP contribution in [0.3, 0.4) is 0 Å². The lowest BCUT2D eigenvalue weighted by Crippen LogP contribution is -2.42. The Morgan fingerprint density at radius 2 is 2.16 bits per heavy atom. The normalized spacial score (nSPS) is 10.2. The first-order valence-corrected chi connectivity index (χ1v) is 5.46. The molecule has 1 heterocycles. The van der Waals surface area contributed by atoms with Gasteiger partial charge in [-0.25, -0.2) is 4.79 Å². The zero-order valence-corrected chi connectivity index (χ0v) is 10.2. The van der Waals surface area contributed by atoms with E-state index < -0.39 is 24.1 Å². The molecule has 0 spiro atoms. The van der Waals surface area contributed by atoms with E-state index in [4.69, 9.17) is 16.6 Å². The van der Waals surface area contributed by atoms with Crippen molar-refractivity contribution >= 4 is 17.7 Å². The molecular weight excluding hydrogens is 254 g/mol. The minimum Gasteiger partial charge on any atom is -0.480 e. The number of aromatic nitrogens is 2. The van der Waals surface area contributed by atoms with Gasteiger partial charge in [-0.3, -0.25) is 14.2 Å². The van der Waals surface area contributed by atoms with Crippen LogP contribution in [-0.2, 0) is 16.1 Å². The fourth-order valence-electron chi connectivity index (χ4n) is 1.42. The Labute approximate surface area is 108 Å². The second kappa shape index (κ2) is 6.50. The number of hydrogen-bond acceptors (Lipinski definition) is 6. The number of carbonyl (C=O) groups excluding carboxylic acids is 1. The first kappa shape index (κ1) is 14.6. The van der Waals surface area contributed by atoms with Crippen LogP contribution in [0.15, 0.2) is 17.1 Å². The van der Waals surface area contributed by atoms with Crippen molar-refractivity contribution in [2.75, 3.05) is 25.4 Å². The Bertz CT molecular complexity index is 527. The van der Waals surface area contributed by atoms with Gasteiger partial charge in [0, 0.05) is 19.3 Å². The van der Waals surface area contributed by atoms with E-state index in [-0.39, 0.29) is 25.5 Å². The maximum Gasteiger partial charge on any atom is 0.349 e. The molecule has 5 N–H and O–H groups in total. The SMILES string of the molecule is NCCN(CC(=O)O)C(=O)Cn1ccc(N)nc1=O. The Kier molecular flexibility index (Phi) is 5.01. The largest absolute Gasteiger partial charge is 0.480 e. The molecule has 1 aromatic rings. The quantitative estimate of drug-likeness (QED) is 0.526. The van der Waals surface area contributed by atoms with E-state index >= 15 is 0 Å². The van der Waals surface area contributed by atoms with Gasteiger partial charge < -0.3 is 21.5 Å². The second-order valence-electron chi connectivity index (χ2n) is 3.76. The van der Waals surface area contributed by atoms with Crippen LogP contribution in [0.1, 0.15) is 0 Å². The molecule has 0 aliphatic rings. The number of carboxylic acid groups (broad SMARTS) is 1. The molecule has 1 amide bonds. The Balaban J connectivity index is 2.80. The fraction of sp³-hybridized carbons (Fsp3) is 0.400. The summed E-state index contributed by atoms with van der Waals surface area (Å²) in [6, 6.07) is 1.37. The highest BCUT2D eigenvalue weighted by molar-refractivity contribution is 5.81. The van der Waals surface area contributed by atoms with E-state index in [9.17, 15) is 14.4 Å². The summed E-state index contributed by atoms with van der Waals surface area (Å²) in [6.45, 7) is -0.539. The zero-order chi connectivity index (χ0) is 14.4. The third kappa shape index (κ3) is 4.39. The van der Waals surface area contributed by atoms with Crippen molar-refractivity contribution in [1.29, 1.82) is 0 Å². The average molecular weight is 269 g/mol. The molecule has 19 heavy (non-hydrogen) atoms. The number of carboxylic acids is 1. The number of nitrogens with two attached hydrogens (primary N) is 2. The lowest BCUT2D eigenvalue weighted by atomic mass is 10.4. The Hall–Kier alpha value is -2.42. The fourth-order valence-corrected chi connectivity index (χ4v) is 1.42. The van der Waals surface area contributed by atoms with Crippen LogP contribution in [0.2, 0.25) is 0 Å². The summed E-state index contributed by atoms with van der Waals surface area (Å²) in [5, 5.41) is 8.68. The molecule has 0 saturated heterocycles. The van der Waals surface area contributed by atoms with Gasteiger partial charge in [-0.2, -0.15) is 4.98 Å². The van der Waals surface area contributed by atoms with Gasteiger partial charge in [0.15, 0.2) is 0 Å². The number of rotatable bonds is 6. The van der Waals surface area contributed by atoms with Crippen LogP contribution in [0, 0.1) is 0 Å². The van der Waals surface area contributed by atoms with Crippen molar-refractivity contribution in [1.82, 2.24) is 14.5 Å². The first-order valence-electron chi connectivity index (χ1n) is 5.46. The summed E-state index contributed by atoms with van der Waals surface area (Å²) < 4.78 is 1.05. The predicted molar refractivity (Wildman–Crippen MR) is 66.2 cm³/mol. The molecule has 9 nitrogen and oxygen atoms in total. The van der Waals surface area contributed by atoms with Crippen LogP contribution in [-0.4, -0.2) is 51.1 Å². The van der Waals surface area contributed by atoms with Crippen LogP contribution in [0.5, 0.6) is 0 Å².